The van der Waals surface area contributed by atoms with Gasteiger partial charge in [-0.3, -0.25) is 4.79 Å². The predicted molar refractivity (Wildman–Crippen MR) is 125 cm³/mol. The number of carboxylic acids is 1. The van der Waals surface area contributed by atoms with E-state index in [1.807, 2.05) is 12.1 Å². The summed E-state index contributed by atoms with van der Waals surface area (Å²) in [4.78, 5) is 23.8. The van der Waals surface area contributed by atoms with Crippen LogP contribution in [-0.4, -0.2) is 36.7 Å². The van der Waals surface area contributed by atoms with Gasteiger partial charge in [0.25, 0.3) is 0 Å². The first-order valence-electron chi connectivity index (χ1n) is 11.0. The van der Waals surface area contributed by atoms with E-state index in [4.69, 9.17) is 33.0 Å². The van der Waals surface area contributed by atoms with Crippen LogP contribution in [0.25, 0.3) is 11.1 Å². The third kappa shape index (κ3) is 4.66. The molecule has 1 aliphatic carbocycles. The molecule has 2 atom stereocenters. The summed E-state index contributed by atoms with van der Waals surface area (Å²) in [7, 11) is 1.75. The lowest BCUT2D eigenvalue weighted by Crippen LogP contribution is -2.32. The number of halogens is 2. The number of amides is 1. The molecule has 2 aromatic rings. The van der Waals surface area contributed by atoms with Crippen molar-refractivity contribution < 1.29 is 19.4 Å². The molecule has 4 rings (SSSR count). The van der Waals surface area contributed by atoms with E-state index in [1.54, 1.807) is 31.4 Å². The van der Waals surface area contributed by atoms with Crippen LogP contribution in [0.3, 0.4) is 0 Å². The molecule has 32 heavy (non-hydrogen) atoms. The van der Waals surface area contributed by atoms with Gasteiger partial charge < -0.3 is 15.2 Å². The van der Waals surface area contributed by atoms with E-state index >= 15 is 0 Å². The second-order valence-electron chi connectivity index (χ2n) is 8.72. The molecule has 1 saturated heterocycles. The van der Waals surface area contributed by atoms with Gasteiger partial charge in [0, 0.05) is 35.5 Å². The third-order valence-corrected chi connectivity index (χ3v) is 7.59. The lowest BCUT2D eigenvalue weighted by atomic mass is 9.69. The first-order valence-corrected chi connectivity index (χ1v) is 11.8. The molecule has 0 bridgehead atoms. The second-order valence-corrected chi connectivity index (χ2v) is 9.53. The van der Waals surface area contributed by atoms with Gasteiger partial charge in [0.05, 0.1) is 11.7 Å². The maximum absolute atomic E-state index is 12.7. The minimum atomic E-state index is -0.969. The molecule has 1 saturated carbocycles. The Morgan fingerprint density at radius 2 is 1.66 bits per heavy atom. The summed E-state index contributed by atoms with van der Waals surface area (Å²) >= 11 is 13.7. The molecule has 2 fully saturated rings. The quantitative estimate of drug-likeness (QED) is 0.554. The molecule has 1 unspecified atom stereocenters. The van der Waals surface area contributed by atoms with E-state index in [0.29, 0.717) is 22.5 Å². The van der Waals surface area contributed by atoms with E-state index in [-0.39, 0.29) is 29.4 Å². The van der Waals surface area contributed by atoms with Crippen LogP contribution in [0.5, 0.6) is 0 Å². The van der Waals surface area contributed by atoms with Gasteiger partial charge in [-0.2, -0.15) is 0 Å². The van der Waals surface area contributed by atoms with Crippen molar-refractivity contribution in [3.05, 3.63) is 57.6 Å². The summed E-state index contributed by atoms with van der Waals surface area (Å²) in [6.45, 7) is 0.677. The summed E-state index contributed by atoms with van der Waals surface area (Å²) in [5, 5.41) is 13.2. The van der Waals surface area contributed by atoms with Gasteiger partial charge in [-0.15, -0.1) is 0 Å². The Bertz CT molecular complexity index is 976. The summed E-state index contributed by atoms with van der Waals surface area (Å²) < 4.78 is 5.54. The summed E-state index contributed by atoms with van der Waals surface area (Å²) in [5.74, 6) is -0.771. The molecule has 0 radical (unpaired) electrons. The van der Waals surface area contributed by atoms with E-state index < -0.39 is 5.97 Å². The normalized spacial score (nSPS) is 24.2. The average Bonchev–Trinajstić information content (AvgIpc) is 3.21. The third-order valence-electron chi connectivity index (χ3n) is 6.96. The van der Waals surface area contributed by atoms with Gasteiger partial charge in [-0.05, 0) is 79.0 Å². The van der Waals surface area contributed by atoms with Crippen molar-refractivity contribution in [2.75, 3.05) is 13.7 Å². The second kappa shape index (κ2) is 9.82. The lowest BCUT2D eigenvalue weighted by molar-refractivity contribution is -0.123. The minimum absolute atomic E-state index is 0.0428. The summed E-state index contributed by atoms with van der Waals surface area (Å²) in [6, 6.07) is 10.4. The van der Waals surface area contributed by atoms with Crippen LogP contribution in [0.2, 0.25) is 10.0 Å². The van der Waals surface area contributed by atoms with Crippen LogP contribution in [0.4, 0.5) is 0 Å². The Balaban J connectivity index is 1.69. The molecular weight excluding hydrogens is 449 g/mol. The molecule has 170 valence electrons. The zero-order chi connectivity index (χ0) is 22.8. The summed E-state index contributed by atoms with van der Waals surface area (Å²) in [5.41, 5.74) is 2.73. The zero-order valence-corrected chi connectivity index (χ0v) is 19.5. The number of hydrogen-bond donors (Lipinski definition) is 2. The highest BCUT2D eigenvalue weighted by Crippen LogP contribution is 2.48. The van der Waals surface area contributed by atoms with Crippen LogP contribution in [0.15, 0.2) is 36.4 Å². The van der Waals surface area contributed by atoms with Gasteiger partial charge in [-0.1, -0.05) is 35.3 Å². The van der Waals surface area contributed by atoms with Crippen LogP contribution >= 0.6 is 23.2 Å². The first-order chi connectivity index (χ1) is 15.4. The highest BCUT2D eigenvalue weighted by molar-refractivity contribution is 6.36. The van der Waals surface area contributed by atoms with E-state index in [1.165, 1.54) is 0 Å². The molecule has 1 heterocycles. The van der Waals surface area contributed by atoms with E-state index in [2.05, 4.69) is 5.32 Å². The molecule has 1 amide bonds. The van der Waals surface area contributed by atoms with Crippen LogP contribution in [0, 0.1) is 11.8 Å². The zero-order valence-electron chi connectivity index (χ0n) is 17.9. The van der Waals surface area contributed by atoms with Gasteiger partial charge in [-0.25, -0.2) is 4.79 Å². The average molecular weight is 476 g/mol. The maximum Gasteiger partial charge on any atom is 0.335 e. The monoisotopic (exact) mass is 475 g/mol. The Labute approximate surface area is 198 Å². The fourth-order valence-corrected chi connectivity index (χ4v) is 6.02. The molecular formula is C25H27Cl2NO4. The number of aromatic carboxylic acids is 1. The lowest BCUT2D eigenvalue weighted by Gasteiger charge is -2.37. The molecule has 2 aromatic carbocycles. The van der Waals surface area contributed by atoms with Crippen molar-refractivity contribution in [2.45, 2.75) is 44.1 Å². The highest BCUT2D eigenvalue weighted by atomic mass is 35.5. The number of rotatable bonds is 6. The number of nitrogens with one attached hydrogen (secondary N) is 1. The molecule has 5 nitrogen and oxygen atoms in total. The van der Waals surface area contributed by atoms with Crippen molar-refractivity contribution in [2.24, 2.45) is 11.8 Å². The Hall–Kier alpha value is -2.08. The van der Waals surface area contributed by atoms with Crippen molar-refractivity contribution in [3.63, 3.8) is 0 Å². The molecule has 1 aliphatic heterocycles. The Morgan fingerprint density at radius 1 is 1.03 bits per heavy atom. The summed E-state index contributed by atoms with van der Waals surface area (Å²) in [6.07, 6.45) is 4.92. The molecule has 0 aromatic heterocycles. The Kier molecular flexibility index (Phi) is 7.08. The van der Waals surface area contributed by atoms with E-state index in [0.717, 1.165) is 48.8 Å². The van der Waals surface area contributed by atoms with Crippen LogP contribution < -0.4 is 5.32 Å². The van der Waals surface area contributed by atoms with Crippen molar-refractivity contribution >= 4 is 35.1 Å². The number of carbonyl (C=O) groups is 2. The smallest absolute Gasteiger partial charge is 0.335 e. The number of benzene rings is 2. The number of carboxylic acid groups (broad SMARTS) is 1. The van der Waals surface area contributed by atoms with Crippen LogP contribution in [-0.2, 0) is 9.53 Å². The highest BCUT2D eigenvalue weighted by Gasteiger charge is 2.41. The first kappa shape index (κ1) is 23.1. The van der Waals surface area contributed by atoms with Gasteiger partial charge >= 0.3 is 5.97 Å². The number of methoxy groups -OCH3 is 1. The van der Waals surface area contributed by atoms with Gasteiger partial charge in [0.1, 0.15) is 0 Å². The number of carbonyl (C=O) groups excluding carboxylic acids is 1. The SMILES string of the molecule is COC1CCC([C@@H](c2c(Cl)cc(-c3ccc(C(=O)O)cc3)cc2Cl)C2CCNC2=O)CC1. The molecule has 2 aliphatic rings. The standard InChI is InChI=1S/C25H27Cl2NO4/c1-32-18-8-6-15(7-9-18)22(19-10-11-28-24(19)29)23-20(26)12-17(13-21(23)27)14-2-4-16(5-3-14)25(30)31/h2-5,12-13,15,18-19,22H,6-11H2,1H3,(H,28,29)(H,30,31)/t15?,18?,19?,22-/m1/s1. The topological polar surface area (TPSA) is 75.6 Å². The van der Waals surface area contributed by atoms with Crippen LogP contribution in [0.1, 0.15) is 53.9 Å². The molecule has 2 N–H and O–H groups in total. The predicted octanol–water partition coefficient (Wildman–Crippen LogP) is 5.78. The van der Waals surface area contributed by atoms with Gasteiger partial charge in [0.2, 0.25) is 5.91 Å². The van der Waals surface area contributed by atoms with Crippen molar-refractivity contribution in [1.29, 1.82) is 0 Å². The van der Waals surface area contributed by atoms with E-state index in [9.17, 15) is 9.59 Å². The largest absolute Gasteiger partial charge is 0.478 e. The fourth-order valence-electron chi connectivity index (χ4n) is 5.28. The van der Waals surface area contributed by atoms with Crippen molar-refractivity contribution in [3.8, 4) is 11.1 Å². The maximum atomic E-state index is 12.7. The molecule has 7 heteroatoms. The Morgan fingerprint density at radius 3 is 2.16 bits per heavy atom. The van der Waals surface area contributed by atoms with Gasteiger partial charge in [0.15, 0.2) is 0 Å². The molecule has 0 spiro atoms. The number of hydrogen-bond acceptors (Lipinski definition) is 3. The fraction of sp³-hybridized carbons (Fsp3) is 0.440. The van der Waals surface area contributed by atoms with Crippen molar-refractivity contribution in [1.82, 2.24) is 5.32 Å². The number of ether oxygens (including phenoxy) is 1. The minimum Gasteiger partial charge on any atom is -0.478 e.